The Morgan fingerprint density at radius 1 is 1.29 bits per heavy atom. The highest BCUT2D eigenvalue weighted by molar-refractivity contribution is 6.48. The fourth-order valence-electron chi connectivity index (χ4n) is 2.58. The maximum atomic E-state index is 2.90. The molecule has 3 heteroatoms. The largest absolute Gasteiger partial charge is 0.322 e. The Kier molecular flexibility index (Phi) is 4.40. The van der Waals surface area contributed by atoms with Crippen molar-refractivity contribution in [1.82, 2.24) is 4.57 Å². The average Bonchev–Trinajstić information content (AvgIpc) is 2.49. The fourth-order valence-corrected chi connectivity index (χ4v) is 5.76. The third-order valence-corrected chi connectivity index (χ3v) is 6.87. The van der Waals surface area contributed by atoms with E-state index in [4.69, 9.17) is 0 Å². The minimum absolute atomic E-state index is 0.0215. The van der Waals surface area contributed by atoms with Crippen LogP contribution in [0.1, 0.15) is 53.4 Å². The first-order valence-corrected chi connectivity index (χ1v) is 8.78. The molecule has 1 saturated carbocycles. The quantitative estimate of drug-likeness (QED) is 0.659. The Morgan fingerprint density at radius 2 is 1.79 bits per heavy atom. The van der Waals surface area contributed by atoms with Gasteiger partial charge in [0.15, 0.2) is 0 Å². The van der Waals surface area contributed by atoms with E-state index in [1.165, 1.54) is 35.9 Å². The molecule has 0 aromatic carbocycles. The lowest BCUT2D eigenvalue weighted by Crippen LogP contribution is -2.50. The van der Waals surface area contributed by atoms with Crippen LogP contribution in [0.3, 0.4) is 0 Å². The molecule has 0 amide bonds. The SMILES string of the molecule is CC([SiH3])[SiH2]N(C1CCCC1)C(C)(C)C. The van der Waals surface area contributed by atoms with Crippen molar-refractivity contribution in [1.29, 1.82) is 0 Å². The molecular weight excluding hydrogens is 202 g/mol. The van der Waals surface area contributed by atoms with Crippen molar-refractivity contribution in [3.05, 3.63) is 0 Å². The first kappa shape index (κ1) is 12.5. The van der Waals surface area contributed by atoms with Crippen LogP contribution in [0.25, 0.3) is 0 Å². The van der Waals surface area contributed by atoms with Crippen LogP contribution < -0.4 is 0 Å². The predicted molar refractivity (Wildman–Crippen MR) is 71.8 cm³/mol. The number of nitrogens with zero attached hydrogens (tertiary/aromatic N) is 1. The number of hydrogen-bond donors (Lipinski definition) is 0. The molecule has 84 valence electrons. The van der Waals surface area contributed by atoms with Crippen molar-refractivity contribution in [2.45, 2.75) is 70.1 Å². The zero-order valence-corrected chi connectivity index (χ0v) is 14.1. The Morgan fingerprint density at radius 3 is 2.14 bits per heavy atom. The van der Waals surface area contributed by atoms with Gasteiger partial charge in [0.1, 0.15) is 0 Å². The van der Waals surface area contributed by atoms with Gasteiger partial charge >= 0.3 is 0 Å². The first-order chi connectivity index (χ1) is 6.41. The third-order valence-electron chi connectivity index (χ3n) is 3.19. The Hall–Kier alpha value is 0.394. The van der Waals surface area contributed by atoms with Crippen molar-refractivity contribution in [3.8, 4) is 0 Å². The smallest absolute Gasteiger partial charge is 0.0954 e. The summed E-state index contributed by atoms with van der Waals surface area (Å²) in [6.45, 7) is 9.67. The number of hydrogen-bond acceptors (Lipinski definition) is 1. The summed E-state index contributed by atoms with van der Waals surface area (Å²) in [5, 5.41) is 1.06. The van der Waals surface area contributed by atoms with Crippen LogP contribution >= 0.6 is 0 Å². The zero-order valence-electron chi connectivity index (χ0n) is 10.6. The number of rotatable bonds is 3. The van der Waals surface area contributed by atoms with Crippen molar-refractivity contribution >= 4 is 19.9 Å². The van der Waals surface area contributed by atoms with E-state index in [1.807, 2.05) is 0 Å². The van der Waals surface area contributed by atoms with Crippen LogP contribution in [0.4, 0.5) is 0 Å². The van der Waals surface area contributed by atoms with Gasteiger partial charge in [-0.15, -0.1) is 0 Å². The normalized spacial score (nSPS) is 22.9. The van der Waals surface area contributed by atoms with E-state index in [1.54, 1.807) is 0 Å². The molecule has 0 saturated heterocycles. The Labute approximate surface area is 95.0 Å². The highest BCUT2D eigenvalue weighted by atomic mass is 28.3. The summed E-state index contributed by atoms with van der Waals surface area (Å²) in [7, 11) is 1.41. The molecule has 0 N–H and O–H groups in total. The molecule has 0 spiro atoms. The van der Waals surface area contributed by atoms with Gasteiger partial charge in [-0.3, -0.25) is 0 Å². The molecule has 0 aliphatic heterocycles. The average molecular weight is 230 g/mol. The van der Waals surface area contributed by atoms with Gasteiger partial charge in [-0.1, -0.05) is 24.9 Å². The molecule has 0 aromatic rings. The highest BCUT2D eigenvalue weighted by Crippen LogP contribution is 2.29. The molecule has 1 aliphatic carbocycles. The lowest BCUT2D eigenvalue weighted by Gasteiger charge is -2.41. The maximum Gasteiger partial charge on any atom is 0.0954 e. The molecule has 1 nitrogen and oxygen atoms in total. The molecule has 1 unspecified atom stereocenters. The van der Waals surface area contributed by atoms with Crippen molar-refractivity contribution in [2.24, 2.45) is 0 Å². The molecule has 0 radical (unpaired) electrons. The Balaban J connectivity index is 2.60. The van der Waals surface area contributed by atoms with Crippen LogP contribution in [0, 0.1) is 0 Å². The van der Waals surface area contributed by atoms with E-state index in [0.29, 0.717) is 5.54 Å². The van der Waals surface area contributed by atoms with E-state index < -0.39 is 0 Å². The molecule has 1 atom stereocenters. The molecule has 1 rings (SSSR count). The van der Waals surface area contributed by atoms with E-state index in [9.17, 15) is 0 Å². The maximum absolute atomic E-state index is 2.90. The minimum atomic E-state index is 0.0215. The Bertz CT molecular complexity index is 169. The molecule has 1 aliphatic rings. The summed E-state index contributed by atoms with van der Waals surface area (Å²) < 4.78 is 2.90. The lowest BCUT2D eigenvalue weighted by atomic mass is 10.1. The summed E-state index contributed by atoms with van der Waals surface area (Å²) in [4.78, 5) is 0. The standard InChI is InChI=1S/C11H27NSi2/c1-9(13)14-12(11(2,3)4)10-7-5-6-8-10/h9-10H,5-8,14H2,1-4,13H3. The van der Waals surface area contributed by atoms with Gasteiger partial charge in [0, 0.05) is 21.8 Å². The molecule has 14 heavy (non-hydrogen) atoms. The summed E-state index contributed by atoms with van der Waals surface area (Å²) >= 11 is 0. The van der Waals surface area contributed by atoms with E-state index in [2.05, 4.69) is 32.3 Å². The molecule has 0 heterocycles. The van der Waals surface area contributed by atoms with Gasteiger partial charge < -0.3 is 4.57 Å². The summed E-state index contributed by atoms with van der Waals surface area (Å²) in [6, 6.07) is 0.943. The highest BCUT2D eigenvalue weighted by Gasteiger charge is 2.30. The molecule has 0 aromatic heterocycles. The summed E-state index contributed by atoms with van der Waals surface area (Å²) in [5.74, 6) is 0. The third kappa shape index (κ3) is 3.52. The zero-order chi connectivity index (χ0) is 10.8. The van der Waals surface area contributed by atoms with E-state index in [-0.39, 0.29) is 9.68 Å². The molecule has 0 bridgehead atoms. The second kappa shape index (κ2) is 4.95. The van der Waals surface area contributed by atoms with Crippen molar-refractivity contribution in [2.75, 3.05) is 0 Å². The second-order valence-electron chi connectivity index (χ2n) is 6.16. The van der Waals surface area contributed by atoms with Gasteiger partial charge in [-0.25, -0.2) is 0 Å². The van der Waals surface area contributed by atoms with E-state index in [0.717, 1.165) is 11.2 Å². The lowest BCUT2D eigenvalue weighted by molar-refractivity contribution is 0.191. The van der Waals surface area contributed by atoms with Crippen LogP contribution in [0.5, 0.6) is 0 Å². The van der Waals surface area contributed by atoms with Crippen LogP contribution in [-0.2, 0) is 0 Å². The van der Waals surface area contributed by atoms with Gasteiger partial charge in [-0.2, -0.15) is 0 Å². The van der Waals surface area contributed by atoms with Gasteiger partial charge in [0.25, 0.3) is 0 Å². The van der Waals surface area contributed by atoms with Crippen LogP contribution in [0.15, 0.2) is 0 Å². The predicted octanol–water partition coefficient (Wildman–Crippen LogP) is 1.24. The van der Waals surface area contributed by atoms with Crippen LogP contribution in [0.2, 0.25) is 5.16 Å². The van der Waals surface area contributed by atoms with Crippen LogP contribution in [-0.4, -0.2) is 36.1 Å². The minimum Gasteiger partial charge on any atom is -0.322 e. The topological polar surface area (TPSA) is 3.24 Å². The fraction of sp³-hybridized carbons (Fsp3) is 1.00. The second-order valence-corrected chi connectivity index (χ2v) is 12.4. The van der Waals surface area contributed by atoms with Gasteiger partial charge in [0.05, 0.1) is 9.68 Å². The molecular formula is C11H27NSi2. The summed E-state index contributed by atoms with van der Waals surface area (Å²) in [6.07, 6.45) is 5.89. The van der Waals surface area contributed by atoms with Crippen molar-refractivity contribution < 1.29 is 0 Å². The summed E-state index contributed by atoms with van der Waals surface area (Å²) in [5.41, 5.74) is 0.430. The molecule has 1 fully saturated rings. The van der Waals surface area contributed by atoms with E-state index >= 15 is 0 Å². The van der Waals surface area contributed by atoms with Gasteiger partial charge in [-0.05, 0) is 33.6 Å². The monoisotopic (exact) mass is 229 g/mol. The van der Waals surface area contributed by atoms with Gasteiger partial charge in [0.2, 0.25) is 0 Å². The first-order valence-electron chi connectivity index (χ1n) is 6.18. The van der Waals surface area contributed by atoms with Crippen molar-refractivity contribution in [3.63, 3.8) is 0 Å².